The first-order chi connectivity index (χ1) is 14.0. The summed E-state index contributed by atoms with van der Waals surface area (Å²) in [6.07, 6.45) is 3.73. The summed E-state index contributed by atoms with van der Waals surface area (Å²) in [6, 6.07) is 7.02. The van der Waals surface area contributed by atoms with Gasteiger partial charge in [-0.3, -0.25) is 9.59 Å². The van der Waals surface area contributed by atoms with E-state index in [-0.39, 0.29) is 30.9 Å². The zero-order valence-corrected chi connectivity index (χ0v) is 16.5. The van der Waals surface area contributed by atoms with E-state index in [1.165, 1.54) is 6.21 Å². The van der Waals surface area contributed by atoms with Gasteiger partial charge in [-0.15, -0.1) is 0 Å². The van der Waals surface area contributed by atoms with Crippen molar-refractivity contribution in [2.45, 2.75) is 38.1 Å². The highest BCUT2D eigenvalue weighted by atomic mass is 16.7. The van der Waals surface area contributed by atoms with E-state index in [1.54, 1.807) is 31.2 Å². The van der Waals surface area contributed by atoms with Gasteiger partial charge in [0.25, 0.3) is 5.91 Å². The van der Waals surface area contributed by atoms with E-state index in [0.29, 0.717) is 25.5 Å². The molecule has 0 radical (unpaired) electrons. The molecular weight excluding hydrogens is 378 g/mol. The minimum atomic E-state index is -0.880. The molecule has 1 aromatic carbocycles. The van der Waals surface area contributed by atoms with E-state index in [4.69, 9.17) is 18.9 Å². The molecule has 2 heterocycles. The molecule has 3 rings (SSSR count). The van der Waals surface area contributed by atoms with Crippen molar-refractivity contribution in [3.8, 4) is 5.75 Å². The van der Waals surface area contributed by atoms with Crippen molar-refractivity contribution in [2.75, 3.05) is 33.0 Å². The SMILES string of the molecule is CC1(CC(=O)N/N=C\c2ccc(OCC(=O)NC[C@H]3CCCO3)cc2)OCCO1. The fourth-order valence-corrected chi connectivity index (χ4v) is 3.05. The van der Waals surface area contributed by atoms with E-state index in [2.05, 4.69) is 15.8 Å². The van der Waals surface area contributed by atoms with Crippen molar-refractivity contribution < 1.29 is 28.5 Å². The molecule has 2 aliphatic heterocycles. The Bertz CT molecular complexity index is 709. The van der Waals surface area contributed by atoms with Crippen LogP contribution in [0.2, 0.25) is 0 Å². The van der Waals surface area contributed by atoms with Gasteiger partial charge in [0.1, 0.15) is 5.75 Å². The van der Waals surface area contributed by atoms with E-state index >= 15 is 0 Å². The summed E-state index contributed by atoms with van der Waals surface area (Å²) in [5.74, 6) is -0.783. The summed E-state index contributed by atoms with van der Waals surface area (Å²) in [5, 5.41) is 6.73. The number of nitrogens with zero attached hydrogens (tertiary/aromatic N) is 1. The minimum Gasteiger partial charge on any atom is -0.484 e. The fourth-order valence-electron chi connectivity index (χ4n) is 3.05. The lowest BCUT2D eigenvalue weighted by Crippen LogP contribution is -2.35. The van der Waals surface area contributed by atoms with Crippen LogP contribution in [0.4, 0.5) is 0 Å². The van der Waals surface area contributed by atoms with Crippen molar-refractivity contribution in [2.24, 2.45) is 5.10 Å². The van der Waals surface area contributed by atoms with Crippen LogP contribution in [-0.2, 0) is 23.8 Å². The Kier molecular flexibility index (Phi) is 7.56. The number of rotatable bonds is 9. The molecule has 29 heavy (non-hydrogen) atoms. The Balaban J connectivity index is 1.35. The molecule has 9 nitrogen and oxygen atoms in total. The highest BCUT2D eigenvalue weighted by molar-refractivity contribution is 5.82. The van der Waals surface area contributed by atoms with Crippen LogP contribution in [-0.4, -0.2) is 62.9 Å². The van der Waals surface area contributed by atoms with Crippen LogP contribution in [0.5, 0.6) is 5.75 Å². The average Bonchev–Trinajstić information content (AvgIpc) is 3.37. The second-order valence-electron chi connectivity index (χ2n) is 7.10. The Morgan fingerprint density at radius 1 is 1.21 bits per heavy atom. The molecule has 2 fully saturated rings. The number of nitrogens with one attached hydrogen (secondary N) is 2. The summed E-state index contributed by atoms with van der Waals surface area (Å²) < 4.78 is 21.7. The predicted octanol–water partition coefficient (Wildman–Crippen LogP) is 0.964. The molecule has 2 amide bonds. The van der Waals surface area contributed by atoms with Crippen molar-refractivity contribution in [3.05, 3.63) is 29.8 Å². The first kappa shape index (κ1) is 21.2. The Morgan fingerprint density at radius 3 is 2.66 bits per heavy atom. The maximum atomic E-state index is 11.9. The van der Waals surface area contributed by atoms with Gasteiger partial charge in [0.15, 0.2) is 12.4 Å². The standard InChI is InChI=1S/C20H27N3O6/c1-20(28-9-10-29-20)11-18(24)23-22-12-15-4-6-16(7-5-15)27-14-19(25)21-13-17-3-2-8-26-17/h4-7,12,17H,2-3,8-11,13-14H2,1H3,(H,21,25)(H,23,24)/b22-12-/t17-/m1/s1. The Hall–Kier alpha value is -2.49. The number of hydrogen-bond acceptors (Lipinski definition) is 7. The van der Waals surface area contributed by atoms with E-state index in [1.807, 2.05) is 0 Å². The Morgan fingerprint density at radius 2 is 1.97 bits per heavy atom. The van der Waals surface area contributed by atoms with Crippen LogP contribution in [0, 0.1) is 0 Å². The molecule has 2 aliphatic rings. The molecule has 0 bridgehead atoms. The van der Waals surface area contributed by atoms with Crippen LogP contribution in [0.3, 0.4) is 0 Å². The number of benzene rings is 1. The summed E-state index contributed by atoms with van der Waals surface area (Å²) >= 11 is 0. The first-order valence-electron chi connectivity index (χ1n) is 9.73. The molecular formula is C20H27N3O6. The van der Waals surface area contributed by atoms with Crippen molar-refractivity contribution in [3.63, 3.8) is 0 Å². The third kappa shape index (κ3) is 7.12. The lowest BCUT2D eigenvalue weighted by atomic mass is 10.2. The molecule has 0 spiro atoms. The molecule has 0 saturated carbocycles. The zero-order valence-electron chi connectivity index (χ0n) is 16.5. The highest BCUT2D eigenvalue weighted by Crippen LogP contribution is 2.22. The van der Waals surface area contributed by atoms with Crippen molar-refractivity contribution in [1.29, 1.82) is 0 Å². The number of ether oxygens (including phenoxy) is 4. The number of carbonyl (C=O) groups is 2. The Labute approximate surface area is 169 Å². The van der Waals surface area contributed by atoms with E-state index in [9.17, 15) is 9.59 Å². The van der Waals surface area contributed by atoms with Crippen LogP contribution in [0.1, 0.15) is 31.7 Å². The lowest BCUT2D eigenvalue weighted by Gasteiger charge is -2.20. The van der Waals surface area contributed by atoms with Gasteiger partial charge in [-0.2, -0.15) is 5.10 Å². The predicted molar refractivity (Wildman–Crippen MR) is 105 cm³/mol. The lowest BCUT2D eigenvalue weighted by molar-refractivity contribution is -0.159. The summed E-state index contributed by atoms with van der Waals surface area (Å²) in [7, 11) is 0. The van der Waals surface area contributed by atoms with Gasteiger partial charge < -0.3 is 24.3 Å². The number of hydrazone groups is 1. The van der Waals surface area contributed by atoms with Gasteiger partial charge in [0.2, 0.25) is 5.91 Å². The third-order valence-corrected chi connectivity index (χ3v) is 4.58. The van der Waals surface area contributed by atoms with Crippen LogP contribution in [0.25, 0.3) is 0 Å². The monoisotopic (exact) mass is 405 g/mol. The smallest absolute Gasteiger partial charge is 0.258 e. The summed E-state index contributed by atoms with van der Waals surface area (Å²) in [6.45, 7) is 3.92. The number of amides is 2. The average molecular weight is 405 g/mol. The van der Waals surface area contributed by atoms with Crippen LogP contribution < -0.4 is 15.5 Å². The van der Waals surface area contributed by atoms with Gasteiger partial charge in [-0.1, -0.05) is 0 Å². The molecule has 2 N–H and O–H groups in total. The first-order valence-corrected chi connectivity index (χ1v) is 9.73. The molecule has 2 saturated heterocycles. The van der Waals surface area contributed by atoms with Crippen molar-refractivity contribution in [1.82, 2.24) is 10.7 Å². The number of carbonyl (C=O) groups excluding carboxylic acids is 2. The maximum absolute atomic E-state index is 11.9. The summed E-state index contributed by atoms with van der Waals surface area (Å²) in [5.41, 5.74) is 3.23. The molecule has 158 valence electrons. The van der Waals surface area contributed by atoms with E-state index < -0.39 is 5.79 Å². The fraction of sp³-hybridized carbons (Fsp3) is 0.550. The molecule has 0 aromatic heterocycles. The van der Waals surface area contributed by atoms with Gasteiger partial charge in [-0.05, 0) is 49.6 Å². The minimum absolute atomic E-state index is 0.0564. The molecule has 1 atom stereocenters. The van der Waals surface area contributed by atoms with Gasteiger partial charge >= 0.3 is 0 Å². The van der Waals surface area contributed by atoms with E-state index in [0.717, 1.165) is 25.0 Å². The normalized spacial score (nSPS) is 20.7. The molecule has 0 unspecified atom stereocenters. The second-order valence-corrected chi connectivity index (χ2v) is 7.10. The maximum Gasteiger partial charge on any atom is 0.258 e. The van der Waals surface area contributed by atoms with Crippen LogP contribution in [0.15, 0.2) is 29.4 Å². The molecule has 0 aliphatic carbocycles. The van der Waals surface area contributed by atoms with Crippen LogP contribution >= 0.6 is 0 Å². The topological polar surface area (TPSA) is 107 Å². The van der Waals surface area contributed by atoms with Crippen molar-refractivity contribution >= 4 is 18.0 Å². The molecule has 1 aromatic rings. The highest BCUT2D eigenvalue weighted by Gasteiger charge is 2.33. The number of hydrogen-bond donors (Lipinski definition) is 2. The summed E-state index contributed by atoms with van der Waals surface area (Å²) in [4.78, 5) is 23.7. The zero-order chi connectivity index (χ0) is 20.5. The van der Waals surface area contributed by atoms with Gasteiger partial charge in [0, 0.05) is 13.2 Å². The van der Waals surface area contributed by atoms with Gasteiger partial charge in [0.05, 0.1) is 32.0 Å². The second kappa shape index (κ2) is 10.3. The third-order valence-electron chi connectivity index (χ3n) is 4.58. The quantitative estimate of drug-likeness (QED) is 0.468. The molecule has 9 heteroatoms. The largest absolute Gasteiger partial charge is 0.484 e. The van der Waals surface area contributed by atoms with Gasteiger partial charge in [-0.25, -0.2) is 5.43 Å².